The number of hydrogen-bond donors (Lipinski definition) is 1. The average Bonchev–Trinajstić information content (AvgIpc) is 2.51. The fourth-order valence-corrected chi connectivity index (χ4v) is 4.43. The molecular formula is C16H31NO5S. The molecule has 0 radical (unpaired) electrons. The molecule has 7 heteroatoms. The molecule has 0 saturated heterocycles. The number of hydrogen-bond acceptors (Lipinski definition) is 5. The van der Waals surface area contributed by atoms with Crippen molar-refractivity contribution < 1.29 is 22.7 Å². The molecule has 0 aliphatic rings. The van der Waals surface area contributed by atoms with Crippen molar-refractivity contribution in [3.63, 3.8) is 0 Å². The van der Waals surface area contributed by atoms with Gasteiger partial charge in [-0.2, -0.15) is 0 Å². The molecule has 1 N–H and O–H groups in total. The zero-order valence-corrected chi connectivity index (χ0v) is 15.6. The Morgan fingerprint density at radius 2 is 1.57 bits per heavy atom. The molecule has 6 nitrogen and oxygen atoms in total. The number of amides is 1. The number of sulfone groups is 1. The van der Waals surface area contributed by atoms with Gasteiger partial charge in [0.1, 0.15) is 6.04 Å². The molecule has 1 atom stereocenters. The third kappa shape index (κ3) is 8.34. The van der Waals surface area contributed by atoms with Gasteiger partial charge in [0, 0.05) is 6.42 Å². The van der Waals surface area contributed by atoms with E-state index in [4.69, 9.17) is 4.74 Å². The van der Waals surface area contributed by atoms with Crippen LogP contribution < -0.4 is 5.32 Å². The average molecular weight is 349 g/mol. The first-order valence-corrected chi connectivity index (χ1v) is 10.2. The van der Waals surface area contributed by atoms with Crippen LogP contribution in [0, 0.1) is 0 Å². The number of ether oxygens (including phenoxy) is 1. The Labute approximate surface area is 140 Å². The molecule has 0 aliphatic heterocycles. The Morgan fingerprint density at radius 3 is 2.00 bits per heavy atom. The third-order valence-electron chi connectivity index (χ3n) is 3.52. The Kier molecular flexibility index (Phi) is 10.9. The van der Waals surface area contributed by atoms with Crippen LogP contribution in [-0.4, -0.2) is 43.9 Å². The van der Waals surface area contributed by atoms with Crippen molar-refractivity contribution in [2.24, 2.45) is 0 Å². The van der Waals surface area contributed by atoms with Gasteiger partial charge in [0.15, 0.2) is 9.84 Å². The minimum absolute atomic E-state index is 0.185. The van der Waals surface area contributed by atoms with Gasteiger partial charge >= 0.3 is 5.97 Å². The fourth-order valence-electron chi connectivity index (χ4n) is 2.28. The molecule has 1 amide bonds. The molecule has 23 heavy (non-hydrogen) atoms. The van der Waals surface area contributed by atoms with Crippen LogP contribution in [0.2, 0.25) is 0 Å². The molecule has 0 heterocycles. The number of carbonyl (C=O) groups is 2. The molecule has 0 fully saturated rings. The predicted molar refractivity (Wildman–Crippen MR) is 90.9 cm³/mol. The van der Waals surface area contributed by atoms with Crippen LogP contribution >= 0.6 is 0 Å². The van der Waals surface area contributed by atoms with Crippen molar-refractivity contribution in [3.8, 4) is 0 Å². The lowest BCUT2D eigenvalue weighted by atomic mass is 10.2. The zero-order chi connectivity index (χ0) is 17.9. The smallest absolute Gasteiger partial charge is 0.329 e. The second-order valence-corrected chi connectivity index (χ2v) is 8.00. The highest BCUT2D eigenvalue weighted by molar-refractivity contribution is 7.92. The normalized spacial score (nSPS) is 12.9. The molecule has 0 spiro atoms. The van der Waals surface area contributed by atoms with Gasteiger partial charge in [0.25, 0.3) is 0 Å². The van der Waals surface area contributed by atoms with Gasteiger partial charge in [-0.15, -0.1) is 0 Å². The molecule has 0 aliphatic carbocycles. The second kappa shape index (κ2) is 11.4. The molecule has 0 bridgehead atoms. The maximum absolute atomic E-state index is 12.6. The molecule has 136 valence electrons. The van der Waals surface area contributed by atoms with E-state index < -0.39 is 32.9 Å². The molecule has 0 rings (SSSR count). The van der Waals surface area contributed by atoms with Gasteiger partial charge in [0.2, 0.25) is 5.91 Å². The number of esters is 1. The third-order valence-corrected chi connectivity index (χ3v) is 5.80. The zero-order valence-electron chi connectivity index (χ0n) is 14.8. The van der Waals surface area contributed by atoms with Crippen molar-refractivity contribution in [3.05, 3.63) is 0 Å². The summed E-state index contributed by atoms with van der Waals surface area (Å²) < 4.78 is 30.2. The summed E-state index contributed by atoms with van der Waals surface area (Å²) in [6.07, 6.45) is 3.47. The maximum atomic E-state index is 12.6. The van der Waals surface area contributed by atoms with Crippen molar-refractivity contribution in [1.82, 2.24) is 5.32 Å². The van der Waals surface area contributed by atoms with Crippen molar-refractivity contribution >= 4 is 21.7 Å². The summed E-state index contributed by atoms with van der Waals surface area (Å²) >= 11 is 0. The van der Waals surface area contributed by atoms with Gasteiger partial charge in [-0.05, 0) is 19.3 Å². The Balaban J connectivity index is 5.15. The minimum Gasteiger partial charge on any atom is -0.464 e. The summed E-state index contributed by atoms with van der Waals surface area (Å²) in [5.41, 5.74) is 0. The second-order valence-electron chi connectivity index (χ2n) is 5.67. The topological polar surface area (TPSA) is 89.5 Å². The summed E-state index contributed by atoms with van der Waals surface area (Å²) in [5, 5.41) is 2.00. The van der Waals surface area contributed by atoms with E-state index in [1.54, 1.807) is 6.92 Å². The quantitative estimate of drug-likeness (QED) is 0.546. The summed E-state index contributed by atoms with van der Waals surface area (Å²) in [5.74, 6) is -1.43. The van der Waals surface area contributed by atoms with E-state index in [9.17, 15) is 18.0 Å². The Morgan fingerprint density at radius 1 is 1.00 bits per heavy atom. The van der Waals surface area contributed by atoms with Gasteiger partial charge in [-0.25, -0.2) is 13.2 Å². The largest absolute Gasteiger partial charge is 0.464 e. The lowest BCUT2D eigenvalue weighted by Crippen LogP contribution is -2.47. The Bertz CT molecular complexity index is 455. The minimum atomic E-state index is -3.49. The highest BCUT2D eigenvalue weighted by Crippen LogP contribution is 2.17. The van der Waals surface area contributed by atoms with Crippen LogP contribution in [0.25, 0.3) is 0 Å². The molecular weight excluding hydrogens is 318 g/mol. The maximum Gasteiger partial charge on any atom is 0.329 e. The van der Waals surface area contributed by atoms with E-state index in [-0.39, 0.29) is 18.9 Å². The first kappa shape index (κ1) is 21.9. The monoisotopic (exact) mass is 349 g/mol. The van der Waals surface area contributed by atoms with Crippen molar-refractivity contribution in [2.45, 2.75) is 77.5 Å². The van der Waals surface area contributed by atoms with Gasteiger partial charge in [-0.1, -0.05) is 40.5 Å². The molecule has 0 aromatic carbocycles. The molecule has 0 aromatic rings. The van der Waals surface area contributed by atoms with E-state index in [1.165, 1.54) is 0 Å². The summed E-state index contributed by atoms with van der Waals surface area (Å²) in [6, 6.07) is -1.13. The van der Waals surface area contributed by atoms with Gasteiger partial charge in [0.05, 0.1) is 17.6 Å². The summed E-state index contributed by atoms with van der Waals surface area (Å²) in [4.78, 5) is 23.7. The first-order valence-electron chi connectivity index (χ1n) is 8.49. The van der Waals surface area contributed by atoms with Crippen molar-refractivity contribution in [2.75, 3.05) is 12.4 Å². The standard InChI is InChI=1S/C16H31NO5S/c1-5-9-13(10-6-2)23(20,21)12-14(17-15(18)8-4)16(19)22-11-7-3/h13-14H,5-12H2,1-4H3,(H,17,18)/t14-/m1/s1. The first-order chi connectivity index (χ1) is 10.8. The van der Waals surface area contributed by atoms with Crippen molar-refractivity contribution in [1.29, 1.82) is 0 Å². The van der Waals surface area contributed by atoms with E-state index in [2.05, 4.69) is 5.32 Å². The van der Waals surface area contributed by atoms with Gasteiger partial charge < -0.3 is 10.1 Å². The number of carbonyl (C=O) groups excluding carboxylic acids is 2. The van der Waals surface area contributed by atoms with E-state index in [1.807, 2.05) is 20.8 Å². The van der Waals surface area contributed by atoms with Crippen LogP contribution in [0.4, 0.5) is 0 Å². The lowest BCUT2D eigenvalue weighted by Gasteiger charge is -2.21. The molecule has 0 saturated carbocycles. The molecule has 0 aromatic heterocycles. The Hall–Kier alpha value is -1.11. The van der Waals surface area contributed by atoms with E-state index in [0.717, 1.165) is 12.8 Å². The lowest BCUT2D eigenvalue weighted by molar-refractivity contribution is -0.147. The van der Waals surface area contributed by atoms with Crippen LogP contribution in [0.5, 0.6) is 0 Å². The fraction of sp³-hybridized carbons (Fsp3) is 0.875. The van der Waals surface area contributed by atoms with Gasteiger partial charge in [-0.3, -0.25) is 4.79 Å². The van der Waals surface area contributed by atoms with E-state index >= 15 is 0 Å². The predicted octanol–water partition coefficient (Wildman–Crippen LogP) is 2.22. The molecule has 0 unspecified atom stereocenters. The van der Waals surface area contributed by atoms with E-state index in [0.29, 0.717) is 19.3 Å². The number of nitrogens with one attached hydrogen (secondary N) is 1. The summed E-state index contributed by atoms with van der Waals surface area (Å²) in [6.45, 7) is 7.58. The van der Waals surface area contributed by atoms with Crippen LogP contribution in [0.15, 0.2) is 0 Å². The van der Waals surface area contributed by atoms with Crippen LogP contribution in [0.1, 0.15) is 66.2 Å². The number of rotatable bonds is 12. The summed E-state index contributed by atoms with van der Waals surface area (Å²) in [7, 11) is -3.49. The van der Waals surface area contributed by atoms with Crippen LogP contribution in [0.3, 0.4) is 0 Å². The van der Waals surface area contributed by atoms with Crippen LogP contribution in [-0.2, 0) is 24.2 Å². The highest BCUT2D eigenvalue weighted by Gasteiger charge is 2.32. The highest BCUT2D eigenvalue weighted by atomic mass is 32.2. The SMILES string of the molecule is CCCOC(=O)[C@@H](CS(=O)(=O)C(CCC)CCC)NC(=O)CC.